The molecule has 0 radical (unpaired) electrons. The number of likely N-dealkylation sites (N-methyl/N-ethyl adjacent to an activating group) is 1. The fourth-order valence-electron chi connectivity index (χ4n) is 1.92. The second-order valence-corrected chi connectivity index (χ2v) is 5.55. The summed E-state index contributed by atoms with van der Waals surface area (Å²) in [5.74, 6) is 0.554. The molecule has 5 heteroatoms. The van der Waals surface area contributed by atoms with E-state index < -0.39 is 0 Å². The standard InChI is InChI=1S/C15H18N2O2S/c1-17(8-7-12-4-3-9-20-12)15(18)11-5-6-14(19-2)13(16)10-11/h3-6,9-10H,7-8,16H2,1-2H3. The number of nitrogen functional groups attached to an aromatic ring is 1. The lowest BCUT2D eigenvalue weighted by Crippen LogP contribution is -2.28. The molecule has 0 bridgehead atoms. The van der Waals surface area contributed by atoms with Gasteiger partial charge in [0.1, 0.15) is 5.75 Å². The minimum absolute atomic E-state index is 0.0316. The number of carbonyl (C=O) groups is 1. The van der Waals surface area contributed by atoms with E-state index in [0.29, 0.717) is 23.5 Å². The van der Waals surface area contributed by atoms with Crippen LogP contribution in [0.15, 0.2) is 35.7 Å². The van der Waals surface area contributed by atoms with E-state index in [0.717, 1.165) is 6.42 Å². The number of carbonyl (C=O) groups excluding carboxylic acids is 1. The number of hydrogen-bond acceptors (Lipinski definition) is 4. The lowest BCUT2D eigenvalue weighted by molar-refractivity contribution is 0.0797. The molecule has 2 aromatic rings. The molecule has 0 spiro atoms. The molecule has 106 valence electrons. The first-order chi connectivity index (χ1) is 9.61. The van der Waals surface area contributed by atoms with Crippen molar-refractivity contribution in [1.29, 1.82) is 0 Å². The Bertz CT molecular complexity index is 582. The molecular weight excluding hydrogens is 272 g/mol. The normalized spacial score (nSPS) is 10.3. The second kappa shape index (κ2) is 6.43. The van der Waals surface area contributed by atoms with Gasteiger partial charge < -0.3 is 15.4 Å². The third-order valence-corrected chi connectivity index (χ3v) is 4.03. The molecule has 4 nitrogen and oxygen atoms in total. The van der Waals surface area contributed by atoms with E-state index in [-0.39, 0.29) is 5.91 Å². The molecule has 1 aromatic carbocycles. The van der Waals surface area contributed by atoms with Gasteiger partial charge in [-0.1, -0.05) is 6.07 Å². The molecule has 0 atom stereocenters. The molecule has 0 aliphatic carbocycles. The summed E-state index contributed by atoms with van der Waals surface area (Å²) in [5, 5.41) is 2.04. The van der Waals surface area contributed by atoms with Crippen LogP contribution in [0, 0.1) is 0 Å². The molecule has 0 fully saturated rings. The number of ether oxygens (including phenoxy) is 1. The monoisotopic (exact) mass is 290 g/mol. The van der Waals surface area contributed by atoms with Crippen LogP contribution in [0.4, 0.5) is 5.69 Å². The van der Waals surface area contributed by atoms with Gasteiger partial charge in [0.25, 0.3) is 5.91 Å². The van der Waals surface area contributed by atoms with Crippen LogP contribution in [0.3, 0.4) is 0 Å². The van der Waals surface area contributed by atoms with Crippen LogP contribution >= 0.6 is 11.3 Å². The summed E-state index contributed by atoms with van der Waals surface area (Å²) in [6.45, 7) is 0.686. The maximum Gasteiger partial charge on any atom is 0.253 e. The quantitative estimate of drug-likeness (QED) is 0.861. The second-order valence-electron chi connectivity index (χ2n) is 4.51. The third kappa shape index (κ3) is 3.30. The van der Waals surface area contributed by atoms with Gasteiger partial charge in [-0.2, -0.15) is 0 Å². The SMILES string of the molecule is COc1ccc(C(=O)N(C)CCc2cccs2)cc1N. The Hall–Kier alpha value is -2.01. The van der Waals surface area contributed by atoms with Gasteiger partial charge in [0.15, 0.2) is 0 Å². The zero-order valence-electron chi connectivity index (χ0n) is 11.6. The smallest absolute Gasteiger partial charge is 0.253 e. The summed E-state index contributed by atoms with van der Waals surface area (Å²) < 4.78 is 5.09. The van der Waals surface area contributed by atoms with Crippen LogP contribution in [-0.2, 0) is 6.42 Å². The molecule has 2 rings (SSSR count). The Morgan fingerprint density at radius 1 is 1.40 bits per heavy atom. The third-order valence-electron chi connectivity index (χ3n) is 3.10. The fourth-order valence-corrected chi connectivity index (χ4v) is 2.62. The van der Waals surface area contributed by atoms with Crippen molar-refractivity contribution in [2.75, 3.05) is 26.4 Å². The van der Waals surface area contributed by atoms with Crippen LogP contribution in [0.5, 0.6) is 5.75 Å². The van der Waals surface area contributed by atoms with Crippen molar-refractivity contribution >= 4 is 22.9 Å². The van der Waals surface area contributed by atoms with Gasteiger partial charge in [-0.15, -0.1) is 11.3 Å². The highest BCUT2D eigenvalue weighted by Crippen LogP contribution is 2.22. The Labute approximate surface area is 122 Å². The summed E-state index contributed by atoms with van der Waals surface area (Å²) in [4.78, 5) is 15.3. The summed E-state index contributed by atoms with van der Waals surface area (Å²) in [6.07, 6.45) is 0.867. The van der Waals surface area contributed by atoms with E-state index in [9.17, 15) is 4.79 Å². The van der Waals surface area contributed by atoms with Crippen molar-refractivity contribution in [2.24, 2.45) is 0 Å². The minimum atomic E-state index is -0.0316. The van der Waals surface area contributed by atoms with Gasteiger partial charge in [0.2, 0.25) is 0 Å². The van der Waals surface area contributed by atoms with Gasteiger partial charge in [-0.25, -0.2) is 0 Å². The number of methoxy groups -OCH3 is 1. The molecule has 0 saturated carbocycles. The summed E-state index contributed by atoms with van der Waals surface area (Å²) in [5.41, 5.74) is 6.88. The van der Waals surface area contributed by atoms with E-state index in [1.54, 1.807) is 48.6 Å². The molecule has 0 unspecified atom stereocenters. The Morgan fingerprint density at radius 2 is 2.20 bits per heavy atom. The minimum Gasteiger partial charge on any atom is -0.495 e. The molecule has 1 aromatic heterocycles. The van der Waals surface area contributed by atoms with Gasteiger partial charge in [0, 0.05) is 24.0 Å². The van der Waals surface area contributed by atoms with Gasteiger partial charge >= 0.3 is 0 Å². The number of hydrogen-bond donors (Lipinski definition) is 1. The van der Waals surface area contributed by atoms with Crippen molar-refractivity contribution < 1.29 is 9.53 Å². The van der Waals surface area contributed by atoms with Crippen molar-refractivity contribution in [3.8, 4) is 5.75 Å². The van der Waals surface area contributed by atoms with Gasteiger partial charge in [-0.05, 0) is 36.1 Å². The number of anilines is 1. The lowest BCUT2D eigenvalue weighted by Gasteiger charge is -2.17. The van der Waals surface area contributed by atoms with E-state index in [4.69, 9.17) is 10.5 Å². The average Bonchev–Trinajstić information content (AvgIpc) is 2.97. The Kier molecular flexibility index (Phi) is 4.63. The number of nitrogens with two attached hydrogens (primary N) is 1. The zero-order chi connectivity index (χ0) is 14.5. The molecule has 0 aliphatic heterocycles. The number of benzene rings is 1. The Balaban J connectivity index is 2.01. The van der Waals surface area contributed by atoms with Crippen LogP contribution in [-0.4, -0.2) is 31.5 Å². The van der Waals surface area contributed by atoms with E-state index in [1.165, 1.54) is 4.88 Å². The predicted octanol–water partition coefficient (Wildman–Crippen LogP) is 2.65. The van der Waals surface area contributed by atoms with Gasteiger partial charge in [0.05, 0.1) is 12.8 Å². The number of nitrogens with zero attached hydrogens (tertiary/aromatic N) is 1. The summed E-state index contributed by atoms with van der Waals surface area (Å²) >= 11 is 1.71. The van der Waals surface area contributed by atoms with Crippen molar-refractivity contribution in [2.45, 2.75) is 6.42 Å². The van der Waals surface area contributed by atoms with Crippen molar-refractivity contribution in [1.82, 2.24) is 4.90 Å². The van der Waals surface area contributed by atoms with Crippen molar-refractivity contribution in [3.63, 3.8) is 0 Å². The fraction of sp³-hybridized carbons (Fsp3) is 0.267. The topological polar surface area (TPSA) is 55.6 Å². The largest absolute Gasteiger partial charge is 0.495 e. The Morgan fingerprint density at radius 3 is 2.80 bits per heavy atom. The van der Waals surface area contributed by atoms with Crippen LogP contribution < -0.4 is 10.5 Å². The summed E-state index contributed by atoms with van der Waals surface area (Å²) in [7, 11) is 3.36. The van der Waals surface area contributed by atoms with E-state index >= 15 is 0 Å². The molecule has 1 amide bonds. The number of amides is 1. The van der Waals surface area contributed by atoms with Crippen LogP contribution in [0.2, 0.25) is 0 Å². The first-order valence-corrected chi connectivity index (χ1v) is 7.21. The number of thiophene rings is 1. The van der Waals surface area contributed by atoms with Crippen LogP contribution in [0.25, 0.3) is 0 Å². The molecule has 20 heavy (non-hydrogen) atoms. The molecule has 2 N–H and O–H groups in total. The van der Waals surface area contributed by atoms with E-state index in [1.807, 2.05) is 11.4 Å². The van der Waals surface area contributed by atoms with E-state index in [2.05, 4.69) is 6.07 Å². The molecule has 0 aliphatic rings. The first-order valence-electron chi connectivity index (χ1n) is 6.33. The zero-order valence-corrected chi connectivity index (χ0v) is 12.4. The van der Waals surface area contributed by atoms with Gasteiger partial charge in [-0.3, -0.25) is 4.79 Å². The maximum atomic E-state index is 12.3. The van der Waals surface area contributed by atoms with Crippen molar-refractivity contribution in [3.05, 3.63) is 46.2 Å². The highest BCUT2D eigenvalue weighted by molar-refractivity contribution is 7.09. The highest BCUT2D eigenvalue weighted by atomic mass is 32.1. The predicted molar refractivity (Wildman–Crippen MR) is 82.4 cm³/mol. The maximum absolute atomic E-state index is 12.3. The summed E-state index contributed by atoms with van der Waals surface area (Å²) in [6, 6.07) is 9.21. The molecular formula is C15H18N2O2S. The molecule has 0 saturated heterocycles. The van der Waals surface area contributed by atoms with Crippen LogP contribution in [0.1, 0.15) is 15.2 Å². The molecule has 1 heterocycles. The lowest BCUT2D eigenvalue weighted by atomic mass is 10.1. The number of rotatable bonds is 5. The first kappa shape index (κ1) is 14.4. The highest BCUT2D eigenvalue weighted by Gasteiger charge is 2.13. The average molecular weight is 290 g/mol.